The Morgan fingerprint density at radius 2 is 2.05 bits per heavy atom. The second-order valence-corrected chi connectivity index (χ2v) is 5.04. The second-order valence-electron chi connectivity index (χ2n) is 4.18. The molecule has 20 heavy (non-hydrogen) atoms. The van der Waals surface area contributed by atoms with Crippen LogP contribution in [0.1, 0.15) is 19.8 Å². The summed E-state index contributed by atoms with van der Waals surface area (Å²) in [5, 5.41) is 8.69. The Morgan fingerprint density at radius 3 is 2.65 bits per heavy atom. The summed E-state index contributed by atoms with van der Waals surface area (Å²) in [6.07, 6.45) is 0.835. The van der Waals surface area contributed by atoms with Gasteiger partial charge in [0, 0.05) is 13.0 Å². The van der Waals surface area contributed by atoms with Gasteiger partial charge in [-0.15, -0.1) is 0 Å². The Morgan fingerprint density at radius 1 is 1.35 bits per heavy atom. The molecule has 0 bridgehead atoms. The van der Waals surface area contributed by atoms with Gasteiger partial charge in [0.05, 0.1) is 11.1 Å². The van der Waals surface area contributed by atoms with Gasteiger partial charge < -0.3 is 14.7 Å². The van der Waals surface area contributed by atoms with Gasteiger partial charge in [-0.2, -0.15) is 0 Å². The summed E-state index contributed by atoms with van der Waals surface area (Å²) in [6.45, 7) is 2.33. The Balaban J connectivity index is 2.31. The number of hydrogen-bond acceptors (Lipinski definition) is 3. The van der Waals surface area contributed by atoms with E-state index >= 15 is 0 Å². The molecule has 1 aromatic rings. The van der Waals surface area contributed by atoms with Crippen molar-refractivity contribution in [3.63, 3.8) is 0 Å². The van der Waals surface area contributed by atoms with Crippen molar-refractivity contribution in [3.05, 3.63) is 28.7 Å². The molecule has 0 heterocycles. The highest BCUT2D eigenvalue weighted by molar-refractivity contribution is 9.10. The van der Waals surface area contributed by atoms with Crippen LogP contribution in [0, 0.1) is 0 Å². The van der Waals surface area contributed by atoms with E-state index in [0.717, 1.165) is 10.2 Å². The number of halogens is 1. The van der Waals surface area contributed by atoms with Crippen molar-refractivity contribution in [3.8, 4) is 5.75 Å². The van der Waals surface area contributed by atoms with Crippen LogP contribution in [-0.2, 0) is 9.59 Å². The van der Waals surface area contributed by atoms with Gasteiger partial charge in [0.2, 0.25) is 5.91 Å². The highest BCUT2D eigenvalue weighted by Crippen LogP contribution is 2.23. The number of carbonyl (C=O) groups excluding carboxylic acids is 1. The van der Waals surface area contributed by atoms with Crippen molar-refractivity contribution in [1.82, 2.24) is 4.90 Å². The summed E-state index contributed by atoms with van der Waals surface area (Å²) in [5.74, 6) is -0.423. The maximum Gasteiger partial charge on any atom is 0.323 e. The fourth-order valence-corrected chi connectivity index (χ4v) is 2.06. The molecular weight excluding hydrogens is 326 g/mol. The lowest BCUT2D eigenvalue weighted by molar-refractivity contribution is -0.144. The number of carboxylic acid groups (broad SMARTS) is 1. The zero-order valence-corrected chi connectivity index (χ0v) is 12.9. The summed E-state index contributed by atoms with van der Waals surface area (Å²) in [7, 11) is 0. The molecule has 6 heteroatoms. The predicted octanol–water partition coefficient (Wildman–Crippen LogP) is 2.54. The quantitative estimate of drug-likeness (QED) is 0.736. The van der Waals surface area contributed by atoms with Gasteiger partial charge in [0.1, 0.15) is 12.3 Å². The van der Waals surface area contributed by atoms with E-state index < -0.39 is 5.97 Å². The van der Waals surface area contributed by atoms with E-state index in [1.165, 1.54) is 4.90 Å². The Kier molecular flexibility index (Phi) is 7.08. The Bertz CT molecular complexity index is 464. The maximum atomic E-state index is 11.8. The van der Waals surface area contributed by atoms with Crippen LogP contribution in [0.4, 0.5) is 0 Å². The number of aliphatic carboxylic acids is 1. The van der Waals surface area contributed by atoms with Gasteiger partial charge in [0.25, 0.3) is 0 Å². The first-order valence-corrected chi connectivity index (χ1v) is 7.20. The number of rotatable bonds is 8. The molecule has 0 fully saturated rings. The van der Waals surface area contributed by atoms with Crippen LogP contribution < -0.4 is 4.74 Å². The Labute approximate surface area is 126 Å². The molecule has 0 atom stereocenters. The molecule has 110 valence electrons. The fourth-order valence-electron chi connectivity index (χ4n) is 1.67. The first-order chi connectivity index (χ1) is 9.54. The van der Waals surface area contributed by atoms with Crippen LogP contribution in [0.25, 0.3) is 0 Å². The van der Waals surface area contributed by atoms with Gasteiger partial charge in [-0.1, -0.05) is 12.1 Å². The van der Waals surface area contributed by atoms with Crippen molar-refractivity contribution in [1.29, 1.82) is 0 Å². The third-order valence-corrected chi connectivity index (χ3v) is 3.34. The van der Waals surface area contributed by atoms with Gasteiger partial charge in [-0.25, -0.2) is 0 Å². The summed E-state index contributed by atoms with van der Waals surface area (Å²) < 4.78 is 6.42. The number of para-hydroxylation sites is 1. The van der Waals surface area contributed by atoms with Crippen LogP contribution in [0.2, 0.25) is 0 Å². The van der Waals surface area contributed by atoms with E-state index in [-0.39, 0.29) is 18.9 Å². The number of ether oxygens (including phenoxy) is 1. The summed E-state index contributed by atoms with van der Waals surface area (Å²) in [6, 6.07) is 7.49. The van der Waals surface area contributed by atoms with Crippen molar-refractivity contribution < 1.29 is 19.4 Å². The van der Waals surface area contributed by atoms with Crippen LogP contribution in [0.5, 0.6) is 5.75 Å². The lowest BCUT2D eigenvalue weighted by atomic mass is 10.3. The van der Waals surface area contributed by atoms with Crippen molar-refractivity contribution in [2.75, 3.05) is 19.7 Å². The molecule has 0 unspecified atom stereocenters. The highest BCUT2D eigenvalue weighted by Gasteiger charge is 2.14. The molecule has 0 aromatic heterocycles. The molecule has 1 rings (SSSR count). The van der Waals surface area contributed by atoms with Crippen molar-refractivity contribution >= 4 is 27.8 Å². The second kappa shape index (κ2) is 8.58. The van der Waals surface area contributed by atoms with E-state index in [1.807, 2.05) is 24.3 Å². The monoisotopic (exact) mass is 343 g/mol. The lowest BCUT2D eigenvalue weighted by Crippen LogP contribution is -2.35. The van der Waals surface area contributed by atoms with Gasteiger partial charge in [-0.3, -0.25) is 9.59 Å². The summed E-state index contributed by atoms with van der Waals surface area (Å²) in [5.41, 5.74) is 0. The minimum absolute atomic E-state index is 0.161. The van der Waals surface area contributed by atoms with Gasteiger partial charge in [-0.05, 0) is 41.4 Å². The highest BCUT2D eigenvalue weighted by atomic mass is 79.9. The molecule has 0 saturated carbocycles. The predicted molar refractivity (Wildman–Crippen MR) is 78.8 cm³/mol. The minimum Gasteiger partial charge on any atom is -0.492 e. The standard InChI is InChI=1S/C14H18BrNO4/c1-2-16(10-14(18)19)13(17)8-5-9-20-12-7-4-3-6-11(12)15/h3-4,6-7H,2,5,8-10H2,1H3,(H,18,19). The average Bonchev–Trinajstić information content (AvgIpc) is 2.42. The van der Waals surface area contributed by atoms with Gasteiger partial charge >= 0.3 is 5.97 Å². The van der Waals surface area contributed by atoms with Crippen molar-refractivity contribution in [2.24, 2.45) is 0 Å². The normalized spacial score (nSPS) is 10.1. The van der Waals surface area contributed by atoms with Gasteiger partial charge in [0.15, 0.2) is 0 Å². The number of benzene rings is 1. The Hall–Kier alpha value is -1.56. The fraction of sp³-hybridized carbons (Fsp3) is 0.429. The first kappa shape index (κ1) is 16.5. The molecule has 1 amide bonds. The molecule has 0 aliphatic carbocycles. The SMILES string of the molecule is CCN(CC(=O)O)C(=O)CCCOc1ccccc1Br. The summed E-state index contributed by atoms with van der Waals surface area (Å²) >= 11 is 3.37. The van der Waals surface area contributed by atoms with Crippen molar-refractivity contribution in [2.45, 2.75) is 19.8 Å². The largest absolute Gasteiger partial charge is 0.492 e. The van der Waals surface area contributed by atoms with Crippen LogP contribution >= 0.6 is 15.9 Å². The zero-order valence-electron chi connectivity index (χ0n) is 11.3. The molecule has 5 nitrogen and oxygen atoms in total. The van der Waals surface area contributed by atoms with Crippen LogP contribution in [0.3, 0.4) is 0 Å². The van der Waals surface area contributed by atoms with E-state index in [4.69, 9.17) is 9.84 Å². The molecule has 0 radical (unpaired) electrons. The number of nitrogens with zero attached hydrogens (tertiary/aromatic N) is 1. The molecule has 0 saturated heterocycles. The average molecular weight is 344 g/mol. The van der Waals surface area contributed by atoms with E-state index in [1.54, 1.807) is 6.92 Å². The first-order valence-electron chi connectivity index (χ1n) is 6.41. The zero-order chi connectivity index (χ0) is 15.0. The third kappa shape index (κ3) is 5.61. The number of hydrogen-bond donors (Lipinski definition) is 1. The maximum absolute atomic E-state index is 11.8. The number of carbonyl (C=O) groups is 2. The van der Waals surface area contributed by atoms with E-state index in [9.17, 15) is 9.59 Å². The molecule has 1 N–H and O–H groups in total. The number of carboxylic acids is 1. The number of likely N-dealkylation sites (N-methyl/N-ethyl adjacent to an activating group) is 1. The van der Waals surface area contributed by atoms with Crippen LogP contribution in [-0.4, -0.2) is 41.6 Å². The molecule has 1 aromatic carbocycles. The smallest absolute Gasteiger partial charge is 0.323 e. The third-order valence-electron chi connectivity index (χ3n) is 2.69. The number of amides is 1. The van der Waals surface area contributed by atoms with Crippen LogP contribution in [0.15, 0.2) is 28.7 Å². The lowest BCUT2D eigenvalue weighted by Gasteiger charge is -2.18. The molecular formula is C14H18BrNO4. The molecule has 0 aliphatic rings. The van der Waals surface area contributed by atoms with E-state index in [2.05, 4.69) is 15.9 Å². The summed E-state index contributed by atoms with van der Waals surface area (Å²) in [4.78, 5) is 23.7. The minimum atomic E-state index is -0.996. The molecule has 0 spiro atoms. The topological polar surface area (TPSA) is 66.8 Å². The molecule has 0 aliphatic heterocycles. The van der Waals surface area contributed by atoms with E-state index in [0.29, 0.717) is 19.6 Å².